The van der Waals surface area contributed by atoms with E-state index in [4.69, 9.17) is 19.0 Å². The molecule has 1 aromatic carbocycles. The number of likely N-dealkylation sites (tertiary alicyclic amines) is 1. The van der Waals surface area contributed by atoms with E-state index in [-0.39, 0.29) is 29.4 Å². The number of nitrogens with zero attached hydrogens (tertiary/aromatic N) is 2. The highest BCUT2D eigenvalue weighted by atomic mass is 16.7. The van der Waals surface area contributed by atoms with Gasteiger partial charge in [-0.15, -0.1) is 0 Å². The van der Waals surface area contributed by atoms with Crippen LogP contribution in [0.25, 0.3) is 11.0 Å². The van der Waals surface area contributed by atoms with Crippen molar-refractivity contribution >= 4 is 29.7 Å². The van der Waals surface area contributed by atoms with Crippen LogP contribution >= 0.6 is 0 Å². The molecule has 7 nitrogen and oxygen atoms in total. The zero-order valence-electron chi connectivity index (χ0n) is 19.9. The van der Waals surface area contributed by atoms with Gasteiger partial charge in [0.25, 0.3) is 0 Å². The Morgan fingerprint density at radius 1 is 1.19 bits per heavy atom. The van der Waals surface area contributed by atoms with Crippen LogP contribution in [0.2, 0.25) is 0 Å². The number of amides is 1. The first-order chi connectivity index (χ1) is 14.3. The first-order valence-electron chi connectivity index (χ1n) is 11.1. The normalized spacial score (nSPS) is 25.4. The molecule has 1 N–H and O–H groups in total. The van der Waals surface area contributed by atoms with Crippen LogP contribution < -0.4 is 5.46 Å². The highest BCUT2D eigenvalue weighted by Gasteiger charge is 2.51. The quantitative estimate of drug-likeness (QED) is 0.723. The van der Waals surface area contributed by atoms with Gasteiger partial charge in [0.1, 0.15) is 11.4 Å². The first kappa shape index (κ1) is 22.2. The largest absolute Gasteiger partial charge is 0.494 e. The molecular formula is C23H34BN3O4. The number of hydrogen-bond donors (Lipinski definition) is 1. The van der Waals surface area contributed by atoms with Crippen LogP contribution in [0.3, 0.4) is 0 Å². The van der Waals surface area contributed by atoms with Crippen LogP contribution in [0.1, 0.15) is 80.1 Å². The van der Waals surface area contributed by atoms with E-state index < -0.39 is 12.7 Å². The van der Waals surface area contributed by atoms with Crippen molar-refractivity contribution in [2.45, 2.75) is 97.1 Å². The molecule has 3 heterocycles. The molecule has 2 atom stereocenters. The Morgan fingerprint density at radius 3 is 2.45 bits per heavy atom. The van der Waals surface area contributed by atoms with Gasteiger partial charge in [0.05, 0.1) is 28.3 Å². The molecule has 0 aliphatic carbocycles. The van der Waals surface area contributed by atoms with Gasteiger partial charge in [0, 0.05) is 6.04 Å². The van der Waals surface area contributed by atoms with Gasteiger partial charge in [-0.3, -0.25) is 4.90 Å². The lowest BCUT2D eigenvalue weighted by atomic mass is 9.79. The topological polar surface area (TPSA) is 76.7 Å². The van der Waals surface area contributed by atoms with Gasteiger partial charge in [-0.25, -0.2) is 9.78 Å². The number of aromatic nitrogens is 2. The number of benzene rings is 1. The van der Waals surface area contributed by atoms with Gasteiger partial charge in [0.15, 0.2) is 0 Å². The van der Waals surface area contributed by atoms with Crippen LogP contribution in [0.4, 0.5) is 4.79 Å². The van der Waals surface area contributed by atoms with E-state index in [0.717, 1.165) is 35.2 Å². The summed E-state index contributed by atoms with van der Waals surface area (Å²) in [5.41, 5.74) is 1.41. The lowest BCUT2D eigenvalue weighted by Crippen LogP contribution is -2.41. The van der Waals surface area contributed by atoms with E-state index in [1.165, 1.54) is 0 Å². The second kappa shape index (κ2) is 7.24. The molecule has 4 rings (SSSR count). The summed E-state index contributed by atoms with van der Waals surface area (Å²) in [6, 6.07) is 5.99. The highest BCUT2D eigenvalue weighted by molar-refractivity contribution is 6.62. The minimum atomic E-state index is -0.532. The Kier molecular flexibility index (Phi) is 5.17. The molecule has 0 radical (unpaired) electrons. The fraction of sp³-hybridized carbons (Fsp3) is 0.652. The second-order valence-electron chi connectivity index (χ2n) is 10.8. The van der Waals surface area contributed by atoms with E-state index in [1.54, 1.807) is 0 Å². The number of aromatic amines is 1. The summed E-state index contributed by atoms with van der Waals surface area (Å²) in [5, 5.41) is 0. The lowest BCUT2D eigenvalue weighted by molar-refractivity contribution is 0.00578. The third-order valence-corrected chi connectivity index (χ3v) is 6.64. The molecule has 1 amide bonds. The third kappa shape index (κ3) is 4.07. The average Bonchev–Trinajstić information content (AvgIpc) is 3.26. The summed E-state index contributed by atoms with van der Waals surface area (Å²) in [4.78, 5) is 22.9. The van der Waals surface area contributed by atoms with Crippen molar-refractivity contribution in [3.8, 4) is 0 Å². The average molecular weight is 427 g/mol. The van der Waals surface area contributed by atoms with Gasteiger partial charge >= 0.3 is 13.2 Å². The predicted octanol–water partition coefficient (Wildman–Crippen LogP) is 4.32. The van der Waals surface area contributed by atoms with E-state index in [1.807, 2.05) is 71.6 Å². The highest BCUT2D eigenvalue weighted by Crippen LogP contribution is 2.38. The smallest absolute Gasteiger partial charge is 0.444 e. The number of hydrogen-bond acceptors (Lipinski definition) is 5. The summed E-state index contributed by atoms with van der Waals surface area (Å²) in [6.07, 6.45) is 1.48. The van der Waals surface area contributed by atoms with Gasteiger partial charge in [0.2, 0.25) is 0 Å². The minimum Gasteiger partial charge on any atom is -0.444 e. The molecule has 1 aromatic heterocycles. The zero-order valence-corrected chi connectivity index (χ0v) is 19.9. The van der Waals surface area contributed by atoms with Crippen molar-refractivity contribution in [2.75, 3.05) is 0 Å². The predicted molar refractivity (Wildman–Crippen MR) is 121 cm³/mol. The molecule has 0 spiro atoms. The number of fused-ring (bicyclic) bond motifs is 1. The Labute approximate surface area is 185 Å². The number of carbonyl (C=O) groups excluding carboxylic acids is 1. The lowest BCUT2D eigenvalue weighted by Gasteiger charge is -2.32. The minimum absolute atomic E-state index is 0.105. The number of imidazole rings is 1. The molecule has 168 valence electrons. The molecule has 0 bridgehead atoms. The second-order valence-corrected chi connectivity index (χ2v) is 10.8. The van der Waals surface area contributed by atoms with Gasteiger partial charge in [-0.2, -0.15) is 0 Å². The summed E-state index contributed by atoms with van der Waals surface area (Å²) in [6.45, 7) is 15.9. The molecule has 0 saturated carbocycles. The van der Waals surface area contributed by atoms with E-state index >= 15 is 0 Å². The van der Waals surface area contributed by atoms with Crippen molar-refractivity contribution in [2.24, 2.45) is 0 Å². The number of ether oxygens (including phenoxy) is 1. The van der Waals surface area contributed by atoms with Crippen LogP contribution in [-0.2, 0) is 14.0 Å². The van der Waals surface area contributed by atoms with E-state index in [2.05, 4.69) is 11.9 Å². The molecule has 31 heavy (non-hydrogen) atoms. The third-order valence-electron chi connectivity index (χ3n) is 6.64. The summed E-state index contributed by atoms with van der Waals surface area (Å²) < 4.78 is 18.0. The standard InChI is InChI=1S/C23H34BN3O4/c1-14-9-12-18(27(14)20(28)29-21(2,3)4)19-25-16-11-10-15(13-17(16)26-19)24-30-22(5,6)23(7,8)31-24/h10-11,13-14,18H,9,12H2,1-8H3,(H,25,26)/t14-,18-/m0/s1. The number of rotatable bonds is 2. The fourth-order valence-electron chi connectivity index (χ4n) is 4.21. The molecule has 2 aromatic rings. The van der Waals surface area contributed by atoms with Crippen molar-refractivity contribution in [1.29, 1.82) is 0 Å². The molecule has 0 unspecified atom stereocenters. The summed E-state index contributed by atoms with van der Waals surface area (Å²) >= 11 is 0. The molecular weight excluding hydrogens is 393 g/mol. The van der Waals surface area contributed by atoms with Gasteiger partial charge in [-0.1, -0.05) is 6.07 Å². The van der Waals surface area contributed by atoms with Crippen molar-refractivity contribution < 1.29 is 18.8 Å². The van der Waals surface area contributed by atoms with Crippen molar-refractivity contribution in [3.63, 3.8) is 0 Å². The number of carbonyl (C=O) groups is 1. The Morgan fingerprint density at radius 2 is 1.84 bits per heavy atom. The Hall–Kier alpha value is -2.06. The van der Waals surface area contributed by atoms with Gasteiger partial charge in [-0.05, 0) is 85.8 Å². The number of H-pyrrole nitrogens is 1. The Bertz CT molecular complexity index is 978. The SMILES string of the molecule is C[C@H]1CC[C@@H](c2nc3ccc(B4OC(C)(C)C(C)(C)O4)cc3[nH]2)N1C(=O)OC(C)(C)C. The Balaban J connectivity index is 1.60. The number of nitrogens with one attached hydrogen (secondary N) is 1. The monoisotopic (exact) mass is 427 g/mol. The van der Waals surface area contributed by atoms with Crippen LogP contribution in [0.15, 0.2) is 18.2 Å². The molecule has 2 aliphatic rings. The summed E-state index contributed by atoms with van der Waals surface area (Å²) in [7, 11) is -0.425. The zero-order chi connectivity index (χ0) is 22.8. The van der Waals surface area contributed by atoms with Gasteiger partial charge < -0.3 is 19.0 Å². The molecule has 2 saturated heterocycles. The van der Waals surface area contributed by atoms with Crippen LogP contribution in [0.5, 0.6) is 0 Å². The van der Waals surface area contributed by atoms with E-state index in [9.17, 15) is 4.79 Å². The van der Waals surface area contributed by atoms with Crippen molar-refractivity contribution in [1.82, 2.24) is 14.9 Å². The molecule has 2 fully saturated rings. The summed E-state index contributed by atoms with van der Waals surface area (Å²) in [5.74, 6) is 0.788. The van der Waals surface area contributed by atoms with Crippen molar-refractivity contribution in [3.05, 3.63) is 24.0 Å². The van der Waals surface area contributed by atoms with Crippen LogP contribution in [0, 0.1) is 0 Å². The van der Waals surface area contributed by atoms with Crippen LogP contribution in [-0.4, -0.2) is 50.9 Å². The van der Waals surface area contributed by atoms with E-state index in [0.29, 0.717) is 0 Å². The maximum Gasteiger partial charge on any atom is 0.494 e. The maximum atomic E-state index is 12.8. The first-order valence-corrected chi connectivity index (χ1v) is 11.1. The maximum absolute atomic E-state index is 12.8. The molecule has 2 aliphatic heterocycles. The fourth-order valence-corrected chi connectivity index (χ4v) is 4.21. The molecule has 8 heteroatoms.